The molecule has 2 amide bonds. The van der Waals surface area contributed by atoms with E-state index in [9.17, 15) is 9.59 Å². The molecule has 0 bridgehead atoms. The number of thiocarbonyl (C=S) groups is 1. The van der Waals surface area contributed by atoms with Gasteiger partial charge in [0.15, 0.2) is 5.11 Å². The van der Waals surface area contributed by atoms with Crippen molar-refractivity contribution >= 4 is 46.6 Å². The van der Waals surface area contributed by atoms with Crippen molar-refractivity contribution in [3.05, 3.63) is 65.2 Å². The van der Waals surface area contributed by atoms with Gasteiger partial charge in [-0.25, -0.2) is 0 Å². The van der Waals surface area contributed by atoms with E-state index >= 15 is 0 Å². The molecule has 0 radical (unpaired) electrons. The van der Waals surface area contributed by atoms with E-state index in [4.69, 9.17) is 12.2 Å². The summed E-state index contributed by atoms with van der Waals surface area (Å²) in [6, 6.07) is 15.0. The number of hydrogen-bond donors (Lipinski definition) is 1. The first-order valence-electron chi connectivity index (χ1n) is 8.13. The van der Waals surface area contributed by atoms with Gasteiger partial charge in [-0.3, -0.25) is 19.8 Å². The van der Waals surface area contributed by atoms with Crippen LogP contribution < -0.4 is 15.1 Å². The molecule has 5 nitrogen and oxygen atoms in total. The van der Waals surface area contributed by atoms with Gasteiger partial charge in [-0.2, -0.15) is 0 Å². The fraction of sp³-hybridized carbons (Fsp3) is 0.150. The van der Waals surface area contributed by atoms with Crippen LogP contribution in [0, 0.1) is 6.92 Å². The van der Waals surface area contributed by atoms with E-state index < -0.39 is 11.8 Å². The molecule has 3 rings (SSSR count). The Morgan fingerprint density at radius 2 is 1.69 bits per heavy atom. The number of amides is 2. The lowest BCUT2D eigenvalue weighted by molar-refractivity contribution is -0.122. The maximum Gasteiger partial charge on any atom is 0.270 e. The van der Waals surface area contributed by atoms with Gasteiger partial charge in [-0.05, 0) is 54.5 Å². The van der Waals surface area contributed by atoms with E-state index in [1.807, 2.05) is 68.4 Å². The van der Waals surface area contributed by atoms with Crippen molar-refractivity contribution in [3.63, 3.8) is 0 Å². The zero-order valence-corrected chi connectivity index (χ0v) is 15.6. The number of benzene rings is 2. The maximum absolute atomic E-state index is 13.0. The van der Waals surface area contributed by atoms with Gasteiger partial charge in [0.2, 0.25) is 0 Å². The molecule has 0 saturated carbocycles. The summed E-state index contributed by atoms with van der Waals surface area (Å²) in [5.41, 5.74) is 3.42. The third kappa shape index (κ3) is 3.36. The normalized spacial score (nSPS) is 16.0. The van der Waals surface area contributed by atoms with Crippen molar-refractivity contribution in [2.75, 3.05) is 23.9 Å². The number of nitrogens with zero attached hydrogens (tertiary/aromatic N) is 2. The minimum atomic E-state index is -0.485. The van der Waals surface area contributed by atoms with Gasteiger partial charge in [-0.1, -0.05) is 30.3 Å². The van der Waals surface area contributed by atoms with E-state index in [-0.39, 0.29) is 10.7 Å². The molecule has 0 unspecified atom stereocenters. The van der Waals surface area contributed by atoms with Gasteiger partial charge < -0.3 is 4.90 Å². The topological polar surface area (TPSA) is 52.7 Å². The predicted octanol–water partition coefficient (Wildman–Crippen LogP) is 2.89. The second-order valence-corrected chi connectivity index (χ2v) is 6.62. The zero-order valence-electron chi connectivity index (χ0n) is 14.8. The molecule has 26 heavy (non-hydrogen) atoms. The molecule has 0 spiro atoms. The first kappa shape index (κ1) is 17.8. The Morgan fingerprint density at radius 1 is 1.04 bits per heavy atom. The average molecular weight is 365 g/mol. The molecular formula is C20H19N3O2S. The highest BCUT2D eigenvalue weighted by atomic mass is 32.1. The number of carbonyl (C=O) groups is 2. The molecule has 132 valence electrons. The Labute approximate surface area is 157 Å². The van der Waals surface area contributed by atoms with Crippen LogP contribution in [-0.4, -0.2) is 31.0 Å². The van der Waals surface area contributed by atoms with Gasteiger partial charge in [-0.15, -0.1) is 0 Å². The van der Waals surface area contributed by atoms with Crippen LogP contribution in [0.5, 0.6) is 0 Å². The second-order valence-electron chi connectivity index (χ2n) is 6.23. The summed E-state index contributed by atoms with van der Waals surface area (Å²) in [5, 5.41) is 2.70. The van der Waals surface area contributed by atoms with Crippen molar-refractivity contribution < 1.29 is 9.59 Å². The van der Waals surface area contributed by atoms with Crippen molar-refractivity contribution in [1.82, 2.24) is 5.32 Å². The van der Waals surface area contributed by atoms with Crippen molar-refractivity contribution in [1.29, 1.82) is 0 Å². The molecule has 1 aliphatic rings. The molecule has 1 heterocycles. The molecule has 0 atom stereocenters. The third-order valence-electron chi connectivity index (χ3n) is 4.18. The molecular weight excluding hydrogens is 346 g/mol. The van der Waals surface area contributed by atoms with Gasteiger partial charge in [0, 0.05) is 19.8 Å². The van der Waals surface area contributed by atoms with Gasteiger partial charge in [0.1, 0.15) is 5.57 Å². The van der Waals surface area contributed by atoms with E-state index in [0.29, 0.717) is 5.69 Å². The van der Waals surface area contributed by atoms with E-state index in [2.05, 4.69) is 5.32 Å². The minimum absolute atomic E-state index is 0.0551. The number of nitrogens with one attached hydrogen (secondary N) is 1. The summed E-state index contributed by atoms with van der Waals surface area (Å²) in [4.78, 5) is 28.7. The zero-order chi connectivity index (χ0) is 18.8. The Kier molecular flexibility index (Phi) is 4.86. The fourth-order valence-electron chi connectivity index (χ4n) is 2.73. The Bertz CT molecular complexity index is 917. The first-order chi connectivity index (χ1) is 12.4. The quantitative estimate of drug-likeness (QED) is 0.516. The lowest BCUT2D eigenvalue weighted by Gasteiger charge is -2.30. The van der Waals surface area contributed by atoms with Gasteiger partial charge in [0.05, 0.1) is 5.69 Å². The Hall–Kier alpha value is -2.99. The van der Waals surface area contributed by atoms with Crippen LogP contribution in [0.3, 0.4) is 0 Å². The monoisotopic (exact) mass is 365 g/mol. The van der Waals surface area contributed by atoms with Crippen LogP contribution in [0.1, 0.15) is 11.1 Å². The van der Waals surface area contributed by atoms with Crippen molar-refractivity contribution in [2.24, 2.45) is 0 Å². The highest BCUT2D eigenvalue weighted by Crippen LogP contribution is 2.25. The molecule has 2 aromatic carbocycles. The SMILES string of the molecule is Cc1ccccc1N1C(=O)/C(=C/c2ccc(N(C)C)cc2)C(=O)NC1=S. The summed E-state index contributed by atoms with van der Waals surface area (Å²) in [6.45, 7) is 1.89. The summed E-state index contributed by atoms with van der Waals surface area (Å²) in [5.74, 6) is -0.911. The van der Waals surface area contributed by atoms with E-state index in [0.717, 1.165) is 16.8 Å². The molecule has 0 aromatic heterocycles. The smallest absolute Gasteiger partial charge is 0.270 e. The number of anilines is 2. The highest BCUT2D eigenvalue weighted by molar-refractivity contribution is 7.80. The molecule has 6 heteroatoms. The summed E-state index contributed by atoms with van der Waals surface area (Å²) in [7, 11) is 3.90. The second kappa shape index (κ2) is 7.09. The third-order valence-corrected chi connectivity index (χ3v) is 4.46. The van der Waals surface area contributed by atoms with Crippen LogP contribution in [0.4, 0.5) is 11.4 Å². The van der Waals surface area contributed by atoms with E-state index in [1.54, 1.807) is 12.1 Å². The highest BCUT2D eigenvalue weighted by Gasteiger charge is 2.34. The van der Waals surface area contributed by atoms with Crippen LogP contribution in [0.25, 0.3) is 6.08 Å². The lowest BCUT2D eigenvalue weighted by Crippen LogP contribution is -2.54. The molecule has 2 aromatic rings. The Balaban J connectivity index is 1.99. The summed E-state index contributed by atoms with van der Waals surface area (Å²) >= 11 is 5.23. The van der Waals surface area contributed by atoms with Crippen LogP contribution in [0.15, 0.2) is 54.1 Å². The predicted molar refractivity (Wildman–Crippen MR) is 108 cm³/mol. The molecule has 1 N–H and O–H groups in total. The van der Waals surface area contributed by atoms with Crippen LogP contribution >= 0.6 is 12.2 Å². The number of rotatable bonds is 3. The fourth-order valence-corrected chi connectivity index (χ4v) is 3.00. The molecule has 1 aliphatic heterocycles. The van der Waals surface area contributed by atoms with E-state index in [1.165, 1.54) is 4.90 Å². The standard InChI is InChI=1S/C20H19N3O2S/c1-13-6-4-5-7-17(13)23-19(25)16(18(24)21-20(23)26)12-14-8-10-15(11-9-14)22(2)3/h4-12H,1-3H3,(H,21,24,26)/b16-12+. The first-order valence-corrected chi connectivity index (χ1v) is 8.54. The van der Waals surface area contributed by atoms with Crippen molar-refractivity contribution in [3.8, 4) is 0 Å². The van der Waals surface area contributed by atoms with Crippen LogP contribution in [-0.2, 0) is 9.59 Å². The van der Waals surface area contributed by atoms with Gasteiger partial charge in [0.25, 0.3) is 11.8 Å². The molecule has 0 aliphatic carbocycles. The summed E-state index contributed by atoms with van der Waals surface area (Å²) in [6.07, 6.45) is 1.59. The number of hydrogen-bond acceptors (Lipinski definition) is 4. The lowest BCUT2D eigenvalue weighted by atomic mass is 10.1. The average Bonchev–Trinajstić information content (AvgIpc) is 2.60. The maximum atomic E-state index is 13.0. The number of carbonyl (C=O) groups excluding carboxylic acids is 2. The largest absolute Gasteiger partial charge is 0.378 e. The minimum Gasteiger partial charge on any atom is -0.378 e. The van der Waals surface area contributed by atoms with Gasteiger partial charge >= 0.3 is 0 Å². The number of aryl methyl sites for hydroxylation is 1. The van der Waals surface area contributed by atoms with Crippen molar-refractivity contribution in [2.45, 2.75) is 6.92 Å². The van der Waals surface area contributed by atoms with Crippen LogP contribution in [0.2, 0.25) is 0 Å². The number of para-hydroxylation sites is 1. The summed E-state index contributed by atoms with van der Waals surface area (Å²) < 4.78 is 0. The molecule has 1 saturated heterocycles. The molecule has 1 fully saturated rings. The Morgan fingerprint density at radius 3 is 2.31 bits per heavy atom.